The van der Waals surface area contributed by atoms with Crippen LogP contribution in [0.1, 0.15) is 13.8 Å². The number of ether oxygens (including phenoxy) is 2. The number of hydrogen-bond acceptors (Lipinski definition) is 5. The summed E-state index contributed by atoms with van der Waals surface area (Å²) in [6.07, 6.45) is 0. The normalized spacial score (nSPS) is 11.3. The van der Waals surface area contributed by atoms with Gasteiger partial charge in [0.1, 0.15) is 0 Å². The molecule has 0 atom stereocenters. The molecule has 0 unspecified atom stereocenters. The van der Waals surface area contributed by atoms with Crippen LogP contribution in [0.15, 0.2) is 53.4 Å². The van der Waals surface area contributed by atoms with Crippen LogP contribution in [0, 0.1) is 0 Å². The van der Waals surface area contributed by atoms with Gasteiger partial charge in [0.15, 0.2) is 18.1 Å². The van der Waals surface area contributed by atoms with Crippen LogP contribution in [0.2, 0.25) is 0 Å². The minimum atomic E-state index is -3.52. The van der Waals surface area contributed by atoms with Crippen LogP contribution in [0.25, 0.3) is 0 Å². The molecule has 0 aliphatic heterocycles. The fraction of sp³-hybridized carbons (Fsp3) is 0.316. The van der Waals surface area contributed by atoms with E-state index in [1.165, 1.54) is 23.5 Å². The average molecular weight is 392 g/mol. The predicted molar refractivity (Wildman–Crippen MR) is 104 cm³/mol. The van der Waals surface area contributed by atoms with Gasteiger partial charge in [-0.15, -0.1) is 0 Å². The maximum atomic E-state index is 12.5. The number of methoxy groups -OCH3 is 1. The zero-order valence-corrected chi connectivity index (χ0v) is 16.5. The SMILES string of the molecule is CCN(CC)S(=O)(=O)c1ccc(NC(=O)COc2ccccc2OC)cc1. The molecule has 2 rings (SSSR count). The molecular weight excluding hydrogens is 368 g/mol. The van der Waals surface area contributed by atoms with E-state index in [-0.39, 0.29) is 17.4 Å². The number of benzene rings is 2. The molecule has 0 saturated carbocycles. The second-order valence-electron chi connectivity index (χ2n) is 5.60. The number of para-hydroxylation sites is 2. The van der Waals surface area contributed by atoms with Gasteiger partial charge in [0.25, 0.3) is 5.91 Å². The van der Waals surface area contributed by atoms with E-state index in [1.807, 2.05) is 0 Å². The lowest BCUT2D eigenvalue weighted by molar-refractivity contribution is -0.118. The van der Waals surface area contributed by atoms with Crippen molar-refractivity contribution in [2.45, 2.75) is 18.7 Å². The predicted octanol–water partition coefficient (Wildman–Crippen LogP) is 2.74. The summed E-state index contributed by atoms with van der Waals surface area (Å²) in [4.78, 5) is 12.3. The van der Waals surface area contributed by atoms with Gasteiger partial charge < -0.3 is 14.8 Å². The monoisotopic (exact) mass is 392 g/mol. The third-order valence-electron chi connectivity index (χ3n) is 3.91. The molecule has 1 N–H and O–H groups in total. The zero-order valence-electron chi connectivity index (χ0n) is 15.6. The molecule has 2 aromatic rings. The summed E-state index contributed by atoms with van der Waals surface area (Å²) in [7, 11) is -1.99. The maximum Gasteiger partial charge on any atom is 0.262 e. The molecule has 0 saturated heterocycles. The topological polar surface area (TPSA) is 84.9 Å². The van der Waals surface area contributed by atoms with Crippen molar-refractivity contribution in [1.29, 1.82) is 0 Å². The Hall–Kier alpha value is -2.58. The van der Waals surface area contributed by atoms with E-state index in [2.05, 4.69) is 5.32 Å². The van der Waals surface area contributed by atoms with Crippen molar-refractivity contribution in [1.82, 2.24) is 4.31 Å². The van der Waals surface area contributed by atoms with Gasteiger partial charge in [-0.25, -0.2) is 8.42 Å². The minimum absolute atomic E-state index is 0.189. The first kappa shape index (κ1) is 20.7. The molecule has 0 aliphatic carbocycles. The summed E-state index contributed by atoms with van der Waals surface area (Å²) in [5, 5.41) is 2.67. The standard InChI is InChI=1S/C19H24N2O5S/c1-4-21(5-2)27(23,24)16-12-10-15(11-13-16)20-19(22)14-26-18-9-7-6-8-17(18)25-3/h6-13H,4-5,14H2,1-3H3,(H,20,22). The second-order valence-corrected chi connectivity index (χ2v) is 7.54. The van der Waals surface area contributed by atoms with E-state index >= 15 is 0 Å². The Morgan fingerprint density at radius 1 is 1.00 bits per heavy atom. The molecule has 0 bridgehead atoms. The summed E-state index contributed by atoms with van der Waals surface area (Å²) >= 11 is 0. The van der Waals surface area contributed by atoms with E-state index in [4.69, 9.17) is 9.47 Å². The van der Waals surface area contributed by atoms with Crippen molar-refractivity contribution in [2.24, 2.45) is 0 Å². The van der Waals surface area contributed by atoms with Gasteiger partial charge in [-0.1, -0.05) is 26.0 Å². The van der Waals surface area contributed by atoms with Crippen molar-refractivity contribution < 1.29 is 22.7 Å². The molecule has 1 amide bonds. The van der Waals surface area contributed by atoms with Gasteiger partial charge in [-0.3, -0.25) is 4.79 Å². The quantitative estimate of drug-likeness (QED) is 0.709. The zero-order chi connectivity index (χ0) is 19.9. The van der Waals surface area contributed by atoms with Gasteiger partial charge in [-0.2, -0.15) is 4.31 Å². The first-order valence-electron chi connectivity index (χ1n) is 8.58. The Morgan fingerprint density at radius 3 is 2.15 bits per heavy atom. The summed E-state index contributed by atoms with van der Waals surface area (Å²) in [6, 6.07) is 13.1. The number of anilines is 1. The first-order valence-corrected chi connectivity index (χ1v) is 10.0. The highest BCUT2D eigenvalue weighted by atomic mass is 32.2. The Kier molecular flexibility index (Phi) is 7.20. The molecule has 0 spiro atoms. The van der Waals surface area contributed by atoms with Gasteiger partial charge in [0, 0.05) is 18.8 Å². The average Bonchev–Trinajstić information content (AvgIpc) is 2.67. The van der Waals surface area contributed by atoms with E-state index in [0.29, 0.717) is 30.3 Å². The van der Waals surface area contributed by atoms with Crippen LogP contribution >= 0.6 is 0 Å². The van der Waals surface area contributed by atoms with E-state index < -0.39 is 10.0 Å². The van der Waals surface area contributed by atoms with Crippen molar-refractivity contribution in [2.75, 3.05) is 32.1 Å². The first-order chi connectivity index (χ1) is 12.9. The largest absolute Gasteiger partial charge is 0.493 e. The summed E-state index contributed by atoms with van der Waals surface area (Å²) in [5.74, 6) is 0.646. The lowest BCUT2D eigenvalue weighted by atomic mass is 10.3. The Labute approximate surface area is 160 Å². The molecule has 2 aromatic carbocycles. The maximum absolute atomic E-state index is 12.5. The lowest BCUT2D eigenvalue weighted by Gasteiger charge is -2.18. The number of carbonyl (C=O) groups excluding carboxylic acids is 1. The molecule has 7 nitrogen and oxygen atoms in total. The van der Waals surface area contributed by atoms with Crippen molar-refractivity contribution >= 4 is 21.6 Å². The number of hydrogen-bond donors (Lipinski definition) is 1. The van der Waals surface area contributed by atoms with E-state index in [1.54, 1.807) is 50.2 Å². The highest BCUT2D eigenvalue weighted by Crippen LogP contribution is 2.25. The fourth-order valence-corrected chi connectivity index (χ4v) is 3.96. The molecule has 0 aliphatic rings. The molecule has 146 valence electrons. The Morgan fingerprint density at radius 2 is 1.59 bits per heavy atom. The van der Waals surface area contributed by atoms with Crippen molar-refractivity contribution in [3.8, 4) is 11.5 Å². The molecular formula is C19H24N2O5S. The van der Waals surface area contributed by atoms with E-state index in [9.17, 15) is 13.2 Å². The van der Waals surface area contributed by atoms with E-state index in [0.717, 1.165) is 0 Å². The lowest BCUT2D eigenvalue weighted by Crippen LogP contribution is -2.30. The van der Waals surface area contributed by atoms with Crippen LogP contribution in [0.4, 0.5) is 5.69 Å². The number of sulfonamides is 1. The van der Waals surface area contributed by atoms with Gasteiger partial charge >= 0.3 is 0 Å². The summed E-state index contributed by atoms with van der Waals surface area (Å²) in [6.45, 7) is 4.18. The molecule has 8 heteroatoms. The number of amides is 1. The van der Waals surface area contributed by atoms with Gasteiger partial charge in [-0.05, 0) is 36.4 Å². The third-order valence-corrected chi connectivity index (χ3v) is 5.97. The minimum Gasteiger partial charge on any atom is -0.493 e. The highest BCUT2D eigenvalue weighted by Gasteiger charge is 2.21. The summed E-state index contributed by atoms with van der Waals surface area (Å²) in [5.41, 5.74) is 0.488. The number of rotatable bonds is 9. The molecule has 0 heterocycles. The van der Waals surface area contributed by atoms with Crippen LogP contribution in [-0.2, 0) is 14.8 Å². The number of nitrogens with zero attached hydrogens (tertiary/aromatic N) is 1. The van der Waals surface area contributed by atoms with Crippen molar-refractivity contribution in [3.05, 3.63) is 48.5 Å². The van der Waals surface area contributed by atoms with Crippen LogP contribution < -0.4 is 14.8 Å². The van der Waals surface area contributed by atoms with Crippen LogP contribution in [-0.4, -0.2) is 45.4 Å². The molecule has 0 fully saturated rings. The fourth-order valence-electron chi connectivity index (χ4n) is 2.50. The molecule has 0 radical (unpaired) electrons. The molecule has 0 aromatic heterocycles. The molecule has 27 heavy (non-hydrogen) atoms. The van der Waals surface area contributed by atoms with Gasteiger partial charge in [0.2, 0.25) is 10.0 Å². The second kappa shape index (κ2) is 9.38. The van der Waals surface area contributed by atoms with Crippen LogP contribution in [0.5, 0.6) is 11.5 Å². The highest BCUT2D eigenvalue weighted by molar-refractivity contribution is 7.89. The van der Waals surface area contributed by atoms with Crippen LogP contribution in [0.3, 0.4) is 0 Å². The summed E-state index contributed by atoms with van der Waals surface area (Å²) < 4.78 is 36.9. The van der Waals surface area contributed by atoms with Gasteiger partial charge in [0.05, 0.1) is 12.0 Å². The number of nitrogens with one attached hydrogen (secondary N) is 1. The Bertz CT molecular complexity index is 862. The third kappa shape index (κ3) is 5.21. The number of carbonyl (C=O) groups is 1. The Balaban J connectivity index is 1.99. The van der Waals surface area contributed by atoms with Crippen molar-refractivity contribution in [3.63, 3.8) is 0 Å². The smallest absolute Gasteiger partial charge is 0.262 e.